The van der Waals surface area contributed by atoms with Gasteiger partial charge in [-0.2, -0.15) is 0 Å². The Kier molecular flexibility index (Phi) is 4.75. The Labute approximate surface area is 140 Å². The minimum atomic E-state index is -0.180. The Morgan fingerprint density at radius 3 is 2.79 bits per heavy atom. The van der Waals surface area contributed by atoms with Crippen LogP contribution in [0, 0.1) is 0 Å². The van der Waals surface area contributed by atoms with E-state index in [1.165, 1.54) is 4.57 Å². The zero-order chi connectivity index (χ0) is 16.9. The Morgan fingerprint density at radius 2 is 2.00 bits per heavy atom. The minimum absolute atomic E-state index is 0.180. The molecule has 0 aliphatic heterocycles. The molecule has 4 nitrogen and oxygen atoms in total. The van der Waals surface area contributed by atoms with Crippen molar-refractivity contribution in [1.82, 2.24) is 4.57 Å². The van der Waals surface area contributed by atoms with Crippen molar-refractivity contribution >= 4 is 23.1 Å². The molecule has 0 radical (unpaired) electrons. The van der Waals surface area contributed by atoms with E-state index in [0.717, 1.165) is 30.0 Å². The van der Waals surface area contributed by atoms with E-state index < -0.39 is 0 Å². The summed E-state index contributed by atoms with van der Waals surface area (Å²) in [4.78, 5) is 24.1. The zero-order valence-corrected chi connectivity index (χ0v) is 13.6. The summed E-state index contributed by atoms with van der Waals surface area (Å²) >= 11 is 0. The molecule has 0 unspecified atom stereocenters. The standard InChI is InChI=1S/C20H19NO3/c1-2-3-11-24-17-8-6-7-15(12-17)20(23)21-13-16(14-22)18-9-4-5-10-19(18)21/h4-10,12-14H,2-3,11H2,1H3. The smallest absolute Gasteiger partial charge is 0.262 e. The van der Waals surface area contributed by atoms with Crippen molar-refractivity contribution in [3.8, 4) is 5.75 Å². The van der Waals surface area contributed by atoms with Gasteiger partial charge in [-0.3, -0.25) is 14.2 Å². The summed E-state index contributed by atoms with van der Waals surface area (Å²) in [5.41, 5.74) is 1.76. The lowest BCUT2D eigenvalue weighted by molar-refractivity contribution is 0.0964. The van der Waals surface area contributed by atoms with Crippen LogP contribution in [0.15, 0.2) is 54.7 Å². The van der Waals surface area contributed by atoms with Crippen LogP contribution >= 0.6 is 0 Å². The zero-order valence-electron chi connectivity index (χ0n) is 13.6. The second-order valence-electron chi connectivity index (χ2n) is 5.62. The summed E-state index contributed by atoms with van der Waals surface area (Å²) < 4.78 is 7.19. The Morgan fingerprint density at radius 1 is 1.17 bits per heavy atom. The second kappa shape index (κ2) is 7.13. The molecule has 0 aliphatic carbocycles. The Hall–Kier alpha value is -2.88. The molecule has 1 aromatic heterocycles. The van der Waals surface area contributed by atoms with E-state index in [2.05, 4.69) is 6.92 Å². The summed E-state index contributed by atoms with van der Waals surface area (Å²) in [5, 5.41) is 0.774. The number of rotatable bonds is 6. The van der Waals surface area contributed by atoms with Crippen LogP contribution < -0.4 is 4.74 Å². The molecule has 0 bridgehead atoms. The third-order valence-electron chi connectivity index (χ3n) is 3.94. The van der Waals surface area contributed by atoms with Crippen molar-refractivity contribution in [2.45, 2.75) is 19.8 Å². The normalized spacial score (nSPS) is 10.7. The molecule has 0 saturated carbocycles. The summed E-state index contributed by atoms with van der Waals surface area (Å²) in [6, 6.07) is 14.5. The van der Waals surface area contributed by atoms with Crippen molar-refractivity contribution in [3.63, 3.8) is 0 Å². The van der Waals surface area contributed by atoms with Gasteiger partial charge >= 0.3 is 0 Å². The topological polar surface area (TPSA) is 48.3 Å². The molecule has 3 aromatic rings. The van der Waals surface area contributed by atoms with Crippen molar-refractivity contribution < 1.29 is 14.3 Å². The van der Waals surface area contributed by atoms with E-state index in [9.17, 15) is 9.59 Å². The van der Waals surface area contributed by atoms with Gasteiger partial charge in [-0.1, -0.05) is 37.6 Å². The van der Waals surface area contributed by atoms with Crippen LogP contribution in [0.25, 0.3) is 10.9 Å². The predicted octanol–water partition coefficient (Wildman–Crippen LogP) is 4.32. The summed E-state index contributed by atoms with van der Waals surface area (Å²) in [7, 11) is 0. The van der Waals surface area contributed by atoms with Gasteiger partial charge in [0.05, 0.1) is 12.1 Å². The number of hydrogen-bond donors (Lipinski definition) is 0. The first kappa shape index (κ1) is 16.0. The average Bonchev–Trinajstić information content (AvgIpc) is 3.00. The number of hydrogen-bond acceptors (Lipinski definition) is 3. The third-order valence-corrected chi connectivity index (χ3v) is 3.94. The van der Waals surface area contributed by atoms with Crippen molar-refractivity contribution in [2.75, 3.05) is 6.61 Å². The van der Waals surface area contributed by atoms with E-state index in [-0.39, 0.29) is 5.91 Å². The molecule has 3 rings (SSSR count). The van der Waals surface area contributed by atoms with Crippen LogP contribution in [0.4, 0.5) is 0 Å². The molecule has 0 aliphatic rings. The van der Waals surface area contributed by atoms with Crippen LogP contribution in [-0.2, 0) is 0 Å². The first-order valence-corrected chi connectivity index (χ1v) is 8.07. The summed E-state index contributed by atoms with van der Waals surface area (Å²) in [5.74, 6) is 0.501. The fourth-order valence-electron chi connectivity index (χ4n) is 2.66. The van der Waals surface area contributed by atoms with Crippen molar-refractivity contribution in [1.29, 1.82) is 0 Å². The third kappa shape index (κ3) is 3.08. The first-order valence-electron chi connectivity index (χ1n) is 8.07. The molecule has 1 heterocycles. The molecule has 4 heteroatoms. The number of ether oxygens (including phenoxy) is 1. The fourth-order valence-corrected chi connectivity index (χ4v) is 2.66. The molecule has 0 amide bonds. The van der Waals surface area contributed by atoms with E-state index in [0.29, 0.717) is 23.5 Å². The number of carbonyl (C=O) groups is 2. The number of aldehydes is 1. The van der Waals surface area contributed by atoms with Crippen LogP contribution in [0.3, 0.4) is 0 Å². The molecular formula is C20H19NO3. The lowest BCUT2D eigenvalue weighted by atomic mass is 10.2. The molecule has 122 valence electrons. The largest absolute Gasteiger partial charge is 0.494 e. The van der Waals surface area contributed by atoms with Crippen LogP contribution in [-0.4, -0.2) is 23.4 Å². The van der Waals surface area contributed by atoms with Gasteiger partial charge in [-0.05, 0) is 30.7 Å². The monoisotopic (exact) mass is 321 g/mol. The second-order valence-corrected chi connectivity index (χ2v) is 5.62. The van der Waals surface area contributed by atoms with E-state index in [4.69, 9.17) is 4.74 Å². The van der Waals surface area contributed by atoms with Gasteiger partial charge in [-0.15, -0.1) is 0 Å². The highest BCUT2D eigenvalue weighted by Gasteiger charge is 2.15. The number of fused-ring (bicyclic) bond motifs is 1. The lowest BCUT2D eigenvalue weighted by Crippen LogP contribution is -2.11. The van der Waals surface area contributed by atoms with E-state index in [1.807, 2.05) is 30.3 Å². The van der Waals surface area contributed by atoms with Gasteiger partial charge in [0.1, 0.15) is 5.75 Å². The maximum atomic E-state index is 12.9. The molecule has 0 atom stereocenters. The van der Waals surface area contributed by atoms with Crippen molar-refractivity contribution in [3.05, 3.63) is 65.9 Å². The van der Waals surface area contributed by atoms with Gasteiger partial charge in [0.2, 0.25) is 0 Å². The molecule has 2 aromatic carbocycles. The quantitative estimate of drug-likeness (QED) is 0.502. The highest BCUT2D eigenvalue weighted by Crippen LogP contribution is 2.22. The molecule has 0 spiro atoms. The molecule has 0 saturated heterocycles. The molecular weight excluding hydrogens is 302 g/mol. The van der Waals surface area contributed by atoms with Crippen LogP contribution in [0.1, 0.15) is 40.5 Å². The summed E-state index contributed by atoms with van der Waals surface area (Å²) in [6.07, 6.45) is 4.40. The number of unbranched alkanes of at least 4 members (excludes halogenated alkanes) is 1. The Bertz CT molecular complexity index is 879. The van der Waals surface area contributed by atoms with Gasteiger partial charge in [0.15, 0.2) is 6.29 Å². The maximum Gasteiger partial charge on any atom is 0.262 e. The maximum absolute atomic E-state index is 12.9. The number of benzene rings is 2. The van der Waals surface area contributed by atoms with Crippen LogP contribution in [0.2, 0.25) is 0 Å². The van der Waals surface area contributed by atoms with Gasteiger partial charge < -0.3 is 4.74 Å². The van der Waals surface area contributed by atoms with Crippen molar-refractivity contribution in [2.24, 2.45) is 0 Å². The van der Waals surface area contributed by atoms with E-state index in [1.54, 1.807) is 24.4 Å². The molecule has 0 fully saturated rings. The highest BCUT2D eigenvalue weighted by molar-refractivity contribution is 6.06. The lowest BCUT2D eigenvalue weighted by Gasteiger charge is -2.08. The fraction of sp³-hybridized carbons (Fsp3) is 0.200. The minimum Gasteiger partial charge on any atom is -0.494 e. The SMILES string of the molecule is CCCCOc1cccc(C(=O)n2cc(C=O)c3ccccc32)c1. The first-order chi connectivity index (χ1) is 11.7. The van der Waals surface area contributed by atoms with Gasteiger partial charge in [0.25, 0.3) is 5.91 Å². The number of para-hydroxylation sites is 1. The van der Waals surface area contributed by atoms with Gasteiger partial charge in [-0.25, -0.2) is 0 Å². The van der Waals surface area contributed by atoms with Crippen LogP contribution in [0.5, 0.6) is 5.75 Å². The average molecular weight is 321 g/mol. The predicted molar refractivity (Wildman–Crippen MR) is 93.9 cm³/mol. The van der Waals surface area contributed by atoms with Gasteiger partial charge in [0, 0.05) is 22.7 Å². The summed E-state index contributed by atoms with van der Waals surface area (Å²) in [6.45, 7) is 2.74. The molecule has 24 heavy (non-hydrogen) atoms. The Balaban J connectivity index is 1.95. The highest BCUT2D eigenvalue weighted by atomic mass is 16.5. The van der Waals surface area contributed by atoms with E-state index >= 15 is 0 Å². The number of aromatic nitrogens is 1. The number of carbonyl (C=O) groups excluding carboxylic acids is 2. The molecule has 0 N–H and O–H groups in total. The number of nitrogens with zero attached hydrogens (tertiary/aromatic N) is 1.